The normalized spacial score (nSPS) is 10.9. The van der Waals surface area contributed by atoms with Gasteiger partial charge in [0.15, 0.2) is 0 Å². The quantitative estimate of drug-likeness (QED) is 0.357. The predicted molar refractivity (Wildman–Crippen MR) is 128 cm³/mol. The molecular formula is C26H21N5O4. The number of nitrogens with one attached hydrogen (secondary N) is 1. The highest BCUT2D eigenvalue weighted by Gasteiger charge is 2.17. The number of carbonyl (C=O) groups excluding carboxylic acids is 2. The summed E-state index contributed by atoms with van der Waals surface area (Å²) in [5.74, 6) is -0.302. The van der Waals surface area contributed by atoms with Crippen LogP contribution in [0.4, 0.5) is 5.69 Å². The Balaban J connectivity index is 1.27. The SMILES string of the molecule is Cc1ccc(-c2noc(CC(=O)OCc3ccccc3)n2)cc1NC(=O)c1cnc2ccccn12. The fourth-order valence-corrected chi connectivity index (χ4v) is 3.54. The zero-order valence-electron chi connectivity index (χ0n) is 18.8. The highest BCUT2D eigenvalue weighted by Crippen LogP contribution is 2.24. The van der Waals surface area contributed by atoms with Gasteiger partial charge in [0.1, 0.15) is 24.4 Å². The van der Waals surface area contributed by atoms with E-state index in [-0.39, 0.29) is 24.8 Å². The van der Waals surface area contributed by atoms with E-state index in [1.807, 2.05) is 67.6 Å². The van der Waals surface area contributed by atoms with Crippen LogP contribution in [0.3, 0.4) is 0 Å². The van der Waals surface area contributed by atoms with Crippen molar-refractivity contribution in [3.63, 3.8) is 0 Å². The molecule has 5 rings (SSSR count). The summed E-state index contributed by atoms with van der Waals surface area (Å²) in [7, 11) is 0. The smallest absolute Gasteiger partial charge is 0.315 e. The van der Waals surface area contributed by atoms with E-state index in [4.69, 9.17) is 9.26 Å². The summed E-state index contributed by atoms with van der Waals surface area (Å²) in [6.07, 6.45) is 3.18. The van der Waals surface area contributed by atoms with Crippen LogP contribution in [0.2, 0.25) is 0 Å². The summed E-state index contributed by atoms with van der Waals surface area (Å²) in [4.78, 5) is 33.6. The van der Waals surface area contributed by atoms with E-state index in [1.165, 1.54) is 6.20 Å². The van der Waals surface area contributed by atoms with Crippen LogP contribution in [-0.2, 0) is 22.6 Å². The second-order valence-corrected chi connectivity index (χ2v) is 7.89. The number of rotatable bonds is 7. The van der Waals surface area contributed by atoms with Gasteiger partial charge in [0.25, 0.3) is 5.91 Å². The molecule has 0 unspecified atom stereocenters. The lowest BCUT2D eigenvalue weighted by Crippen LogP contribution is -2.15. The van der Waals surface area contributed by atoms with Gasteiger partial charge in [-0.15, -0.1) is 0 Å². The number of amides is 1. The Morgan fingerprint density at radius 2 is 1.89 bits per heavy atom. The lowest BCUT2D eigenvalue weighted by Gasteiger charge is -2.09. The molecule has 9 heteroatoms. The van der Waals surface area contributed by atoms with Crippen molar-refractivity contribution in [3.05, 3.63) is 102 Å². The van der Waals surface area contributed by atoms with Gasteiger partial charge < -0.3 is 14.6 Å². The van der Waals surface area contributed by atoms with Gasteiger partial charge in [-0.05, 0) is 36.2 Å². The molecule has 0 bridgehead atoms. The molecule has 9 nitrogen and oxygen atoms in total. The predicted octanol–water partition coefficient (Wildman–Crippen LogP) is 4.23. The number of carbonyl (C=O) groups is 2. The zero-order chi connectivity index (χ0) is 24.2. The van der Waals surface area contributed by atoms with E-state index >= 15 is 0 Å². The topological polar surface area (TPSA) is 112 Å². The monoisotopic (exact) mass is 467 g/mol. The number of anilines is 1. The molecule has 5 aromatic rings. The molecular weight excluding hydrogens is 446 g/mol. The van der Waals surface area contributed by atoms with E-state index < -0.39 is 5.97 Å². The Labute approximate surface area is 200 Å². The highest BCUT2D eigenvalue weighted by molar-refractivity contribution is 6.04. The number of benzene rings is 2. The third-order valence-corrected chi connectivity index (χ3v) is 5.40. The maximum absolute atomic E-state index is 12.9. The maximum atomic E-state index is 12.9. The van der Waals surface area contributed by atoms with Crippen LogP contribution in [0.1, 0.15) is 27.5 Å². The van der Waals surface area contributed by atoms with Crippen LogP contribution in [0.5, 0.6) is 0 Å². The molecule has 3 heterocycles. The molecule has 0 spiro atoms. The molecule has 0 aliphatic carbocycles. The molecule has 0 radical (unpaired) electrons. The Kier molecular flexibility index (Phi) is 6.04. The molecule has 0 atom stereocenters. The summed E-state index contributed by atoms with van der Waals surface area (Å²) < 4.78 is 12.2. The van der Waals surface area contributed by atoms with E-state index in [9.17, 15) is 9.59 Å². The lowest BCUT2D eigenvalue weighted by molar-refractivity contribution is -0.144. The number of fused-ring (bicyclic) bond motifs is 1. The molecule has 174 valence electrons. The summed E-state index contributed by atoms with van der Waals surface area (Å²) >= 11 is 0. The van der Waals surface area contributed by atoms with Gasteiger partial charge in [0, 0.05) is 17.4 Å². The van der Waals surface area contributed by atoms with Gasteiger partial charge in [-0.3, -0.25) is 14.0 Å². The Hall–Kier alpha value is -4.79. The largest absolute Gasteiger partial charge is 0.460 e. The number of nitrogens with zero attached hydrogens (tertiary/aromatic N) is 4. The van der Waals surface area contributed by atoms with Crippen molar-refractivity contribution in [2.75, 3.05) is 5.32 Å². The van der Waals surface area contributed by atoms with Gasteiger partial charge in [0.05, 0.1) is 6.20 Å². The average Bonchev–Trinajstić information content (AvgIpc) is 3.52. The van der Waals surface area contributed by atoms with E-state index in [2.05, 4.69) is 20.4 Å². The molecule has 0 fully saturated rings. The standard InChI is InChI=1S/C26H21N5O4/c1-17-10-11-19(13-20(17)28-26(33)21-15-27-22-9-5-6-12-31(21)22)25-29-23(35-30-25)14-24(32)34-16-18-7-3-2-4-8-18/h2-13,15H,14,16H2,1H3,(H,28,33). The lowest BCUT2D eigenvalue weighted by atomic mass is 10.1. The number of hydrogen-bond acceptors (Lipinski definition) is 7. The van der Waals surface area contributed by atoms with Crippen molar-refractivity contribution in [3.8, 4) is 11.4 Å². The first-order chi connectivity index (χ1) is 17.1. The van der Waals surface area contributed by atoms with Gasteiger partial charge in [-0.25, -0.2) is 4.98 Å². The second kappa shape index (κ2) is 9.60. The van der Waals surface area contributed by atoms with E-state index in [0.29, 0.717) is 28.4 Å². The Morgan fingerprint density at radius 1 is 1.06 bits per heavy atom. The number of imidazole rings is 1. The van der Waals surface area contributed by atoms with Crippen LogP contribution in [0, 0.1) is 6.92 Å². The van der Waals surface area contributed by atoms with Crippen LogP contribution >= 0.6 is 0 Å². The average molecular weight is 467 g/mol. The van der Waals surface area contributed by atoms with Crippen molar-refractivity contribution in [1.82, 2.24) is 19.5 Å². The first-order valence-corrected chi connectivity index (χ1v) is 10.9. The van der Waals surface area contributed by atoms with Crippen molar-refractivity contribution in [1.29, 1.82) is 0 Å². The Bertz CT molecular complexity index is 1510. The number of aryl methyl sites for hydroxylation is 1. The molecule has 35 heavy (non-hydrogen) atoms. The molecule has 1 N–H and O–H groups in total. The van der Waals surface area contributed by atoms with Gasteiger partial charge in [-0.2, -0.15) is 4.98 Å². The number of hydrogen-bond donors (Lipinski definition) is 1. The van der Waals surface area contributed by atoms with Crippen LogP contribution < -0.4 is 5.32 Å². The number of aromatic nitrogens is 4. The second-order valence-electron chi connectivity index (χ2n) is 7.89. The van der Waals surface area contributed by atoms with Crippen molar-refractivity contribution >= 4 is 23.2 Å². The van der Waals surface area contributed by atoms with E-state index in [0.717, 1.165) is 11.1 Å². The van der Waals surface area contributed by atoms with Crippen molar-refractivity contribution in [2.45, 2.75) is 20.0 Å². The summed E-state index contributed by atoms with van der Waals surface area (Å²) in [6.45, 7) is 2.06. The van der Waals surface area contributed by atoms with Crippen molar-refractivity contribution < 1.29 is 18.8 Å². The number of ether oxygens (including phenoxy) is 1. The molecule has 0 saturated heterocycles. The molecule has 0 aliphatic heterocycles. The molecule has 1 amide bonds. The minimum Gasteiger partial charge on any atom is -0.460 e. The fourth-order valence-electron chi connectivity index (χ4n) is 3.54. The number of pyridine rings is 1. The Morgan fingerprint density at radius 3 is 2.74 bits per heavy atom. The number of esters is 1. The molecule has 2 aromatic carbocycles. The summed E-state index contributed by atoms with van der Waals surface area (Å²) in [6, 6.07) is 20.4. The molecule has 0 saturated carbocycles. The van der Waals surface area contributed by atoms with Crippen LogP contribution in [0.15, 0.2) is 83.6 Å². The maximum Gasteiger partial charge on any atom is 0.315 e. The van der Waals surface area contributed by atoms with Crippen LogP contribution in [0.25, 0.3) is 17.0 Å². The summed E-state index contributed by atoms with van der Waals surface area (Å²) in [5.41, 5.74) is 4.10. The minimum absolute atomic E-state index is 0.135. The van der Waals surface area contributed by atoms with Gasteiger partial charge in [-0.1, -0.05) is 53.7 Å². The van der Waals surface area contributed by atoms with Gasteiger partial charge >= 0.3 is 5.97 Å². The molecule has 0 aliphatic rings. The molecule has 3 aromatic heterocycles. The summed E-state index contributed by atoms with van der Waals surface area (Å²) in [5, 5.41) is 6.90. The van der Waals surface area contributed by atoms with E-state index in [1.54, 1.807) is 16.7 Å². The van der Waals surface area contributed by atoms with Crippen LogP contribution in [-0.4, -0.2) is 31.4 Å². The minimum atomic E-state index is -0.464. The first-order valence-electron chi connectivity index (χ1n) is 10.9. The zero-order valence-corrected chi connectivity index (χ0v) is 18.8. The van der Waals surface area contributed by atoms with Crippen molar-refractivity contribution in [2.24, 2.45) is 0 Å². The third kappa shape index (κ3) is 4.93. The fraction of sp³-hybridized carbons (Fsp3) is 0.115. The third-order valence-electron chi connectivity index (χ3n) is 5.40. The first kappa shape index (κ1) is 22.0. The highest BCUT2D eigenvalue weighted by atomic mass is 16.5. The van der Waals surface area contributed by atoms with Gasteiger partial charge in [0.2, 0.25) is 11.7 Å².